The zero-order valence-electron chi connectivity index (χ0n) is 13.6. The Balaban J connectivity index is 1.73. The molecule has 6 nitrogen and oxygen atoms in total. The monoisotopic (exact) mass is 346 g/mol. The van der Waals surface area contributed by atoms with E-state index in [4.69, 9.17) is 0 Å². The minimum atomic E-state index is -0.564. The third-order valence-corrected chi connectivity index (χ3v) is 5.76. The predicted molar refractivity (Wildman–Crippen MR) is 90.3 cm³/mol. The van der Waals surface area contributed by atoms with Gasteiger partial charge in [-0.15, -0.1) is 0 Å². The van der Waals surface area contributed by atoms with Crippen LogP contribution < -0.4 is 10.6 Å². The highest BCUT2D eigenvalue weighted by Gasteiger charge is 2.61. The Morgan fingerprint density at radius 2 is 0.923 bits per heavy atom. The molecule has 26 heavy (non-hydrogen) atoms. The number of carbonyl (C=O) groups excluding carboxylic acids is 4. The third-order valence-electron chi connectivity index (χ3n) is 5.76. The molecule has 3 aliphatic rings. The minimum Gasteiger partial charge on any atom is -0.292 e. The molecule has 2 N–H and O–H groups in total. The average molecular weight is 346 g/mol. The van der Waals surface area contributed by atoms with Crippen molar-refractivity contribution < 1.29 is 19.2 Å². The van der Waals surface area contributed by atoms with Gasteiger partial charge in [-0.2, -0.15) is 0 Å². The lowest BCUT2D eigenvalue weighted by Crippen LogP contribution is -2.54. The van der Waals surface area contributed by atoms with E-state index in [0.717, 1.165) is 0 Å². The van der Waals surface area contributed by atoms with Crippen molar-refractivity contribution in [3.63, 3.8) is 0 Å². The topological polar surface area (TPSA) is 92.3 Å². The maximum atomic E-state index is 12.8. The van der Waals surface area contributed by atoms with Gasteiger partial charge in [0.15, 0.2) is 0 Å². The molecule has 0 radical (unpaired) electrons. The van der Waals surface area contributed by atoms with Gasteiger partial charge in [0.2, 0.25) is 11.8 Å². The third kappa shape index (κ3) is 1.81. The Morgan fingerprint density at radius 1 is 0.538 bits per heavy atom. The van der Waals surface area contributed by atoms with Gasteiger partial charge in [-0.25, -0.2) is 0 Å². The van der Waals surface area contributed by atoms with Gasteiger partial charge in [-0.1, -0.05) is 36.4 Å². The zero-order valence-corrected chi connectivity index (χ0v) is 13.6. The standard InChI is InChI=1S/C20H14N2O4/c23-17-11-7-3-1-5-9(11)13-15(19(25)21-17)14-10-6-2-4-8-12(10)18(24)22-20(26)16(13)14/h1-8,13-16H,(H,21,23,25)(H,22,24,26)/t13-,14?,15-,16?/m0/s1. The number of fused-ring (bicyclic) bond motifs is 8. The molecular weight excluding hydrogens is 332 g/mol. The lowest BCUT2D eigenvalue weighted by atomic mass is 9.52. The van der Waals surface area contributed by atoms with Gasteiger partial charge in [0.25, 0.3) is 11.8 Å². The second-order valence-corrected chi connectivity index (χ2v) is 6.91. The molecule has 0 bridgehead atoms. The predicted octanol–water partition coefficient (Wildman–Crippen LogP) is 1.34. The minimum absolute atomic E-state index is 0.394. The second kappa shape index (κ2) is 5.11. The summed E-state index contributed by atoms with van der Waals surface area (Å²) in [4.78, 5) is 50.3. The Bertz CT molecular complexity index is 923. The number of imide groups is 2. The van der Waals surface area contributed by atoms with Crippen LogP contribution in [0, 0.1) is 11.8 Å². The Hall–Kier alpha value is -3.28. The molecule has 1 aliphatic carbocycles. The molecule has 2 aromatic rings. The lowest BCUT2D eigenvalue weighted by Gasteiger charge is -2.49. The maximum absolute atomic E-state index is 12.8. The molecule has 0 spiro atoms. The molecule has 128 valence electrons. The van der Waals surface area contributed by atoms with Crippen molar-refractivity contribution in [3.8, 4) is 0 Å². The molecule has 0 unspecified atom stereocenters. The van der Waals surface area contributed by atoms with Gasteiger partial charge in [0.05, 0.1) is 11.8 Å². The molecule has 1 saturated carbocycles. The summed E-state index contributed by atoms with van der Waals surface area (Å²) in [5.41, 5.74) is 2.18. The Kier molecular flexibility index (Phi) is 2.95. The zero-order chi connectivity index (χ0) is 18.0. The van der Waals surface area contributed by atoms with E-state index in [1.165, 1.54) is 0 Å². The summed E-state index contributed by atoms with van der Waals surface area (Å²) in [5.74, 6) is -3.67. The molecule has 2 aromatic carbocycles. The quantitative estimate of drug-likeness (QED) is 0.704. The van der Waals surface area contributed by atoms with Crippen LogP contribution in [0.3, 0.4) is 0 Å². The van der Waals surface area contributed by atoms with Crippen LogP contribution in [0.25, 0.3) is 0 Å². The smallest absolute Gasteiger partial charge is 0.258 e. The molecular formula is C20H14N2O4. The number of hydrogen-bond donors (Lipinski definition) is 2. The number of benzene rings is 2. The summed E-state index contributed by atoms with van der Waals surface area (Å²) in [6.45, 7) is 0. The number of nitrogens with one attached hydrogen (secondary N) is 2. The summed E-state index contributed by atoms with van der Waals surface area (Å²) >= 11 is 0. The van der Waals surface area contributed by atoms with Gasteiger partial charge in [-0.05, 0) is 23.3 Å². The maximum Gasteiger partial charge on any atom is 0.258 e. The van der Waals surface area contributed by atoms with Gasteiger partial charge in [-0.3, -0.25) is 29.8 Å². The van der Waals surface area contributed by atoms with Crippen LogP contribution in [0.4, 0.5) is 0 Å². The van der Waals surface area contributed by atoms with Crippen LogP contribution >= 0.6 is 0 Å². The lowest BCUT2D eigenvalue weighted by molar-refractivity contribution is -0.138. The fourth-order valence-electron chi connectivity index (χ4n) is 4.69. The van der Waals surface area contributed by atoms with E-state index in [0.29, 0.717) is 22.3 Å². The summed E-state index contributed by atoms with van der Waals surface area (Å²) in [5, 5.41) is 4.89. The first-order valence-electron chi connectivity index (χ1n) is 8.46. The number of carbonyl (C=O) groups is 4. The van der Waals surface area contributed by atoms with Crippen LogP contribution in [0.15, 0.2) is 48.5 Å². The Morgan fingerprint density at radius 3 is 1.35 bits per heavy atom. The summed E-state index contributed by atoms with van der Waals surface area (Å²) in [6.07, 6.45) is 0. The number of rotatable bonds is 0. The normalized spacial score (nSPS) is 28.9. The first-order chi connectivity index (χ1) is 12.6. The first-order valence-corrected chi connectivity index (χ1v) is 8.46. The molecule has 6 heteroatoms. The van der Waals surface area contributed by atoms with E-state index in [1.54, 1.807) is 48.5 Å². The van der Waals surface area contributed by atoms with Crippen molar-refractivity contribution in [1.29, 1.82) is 0 Å². The molecule has 1 fully saturated rings. The molecule has 0 atom stereocenters. The molecule has 5 rings (SSSR count). The van der Waals surface area contributed by atoms with Crippen LogP contribution in [0.1, 0.15) is 43.7 Å². The summed E-state index contributed by atoms with van der Waals surface area (Å²) < 4.78 is 0. The van der Waals surface area contributed by atoms with Gasteiger partial charge >= 0.3 is 0 Å². The van der Waals surface area contributed by atoms with E-state index < -0.39 is 47.3 Å². The van der Waals surface area contributed by atoms with E-state index in [1.807, 2.05) is 0 Å². The largest absolute Gasteiger partial charge is 0.292 e. The molecule has 2 aliphatic heterocycles. The highest BCUT2D eigenvalue weighted by atomic mass is 16.2. The number of amides is 4. The second-order valence-electron chi connectivity index (χ2n) is 6.91. The average Bonchev–Trinajstić information content (AvgIpc) is 2.74. The highest BCUT2D eigenvalue weighted by Crippen LogP contribution is 2.60. The van der Waals surface area contributed by atoms with Crippen molar-refractivity contribution in [3.05, 3.63) is 70.8 Å². The van der Waals surface area contributed by atoms with Crippen molar-refractivity contribution in [2.75, 3.05) is 0 Å². The van der Waals surface area contributed by atoms with E-state index >= 15 is 0 Å². The van der Waals surface area contributed by atoms with E-state index in [2.05, 4.69) is 10.6 Å². The van der Waals surface area contributed by atoms with Crippen LogP contribution in [0.2, 0.25) is 0 Å². The van der Waals surface area contributed by atoms with Crippen molar-refractivity contribution in [2.45, 2.75) is 11.8 Å². The summed E-state index contributed by atoms with van der Waals surface area (Å²) in [6, 6.07) is 13.9. The fraction of sp³-hybridized carbons (Fsp3) is 0.200. The number of hydrogen-bond acceptors (Lipinski definition) is 4. The van der Waals surface area contributed by atoms with Crippen molar-refractivity contribution >= 4 is 23.6 Å². The van der Waals surface area contributed by atoms with Crippen LogP contribution in [0.5, 0.6) is 0 Å². The highest BCUT2D eigenvalue weighted by molar-refractivity contribution is 6.13. The van der Waals surface area contributed by atoms with E-state index in [-0.39, 0.29) is 0 Å². The Labute approximate surface area is 148 Å². The fourth-order valence-corrected chi connectivity index (χ4v) is 4.69. The molecule has 0 aromatic heterocycles. The SMILES string of the molecule is O=C1NC(=O)C2C(c3ccccc31)[C@H]1C(=O)NC(=O)c3ccccc3[C@H]21. The first kappa shape index (κ1) is 15.0. The van der Waals surface area contributed by atoms with Crippen LogP contribution in [-0.2, 0) is 9.59 Å². The molecule has 0 saturated heterocycles. The van der Waals surface area contributed by atoms with Gasteiger partial charge < -0.3 is 0 Å². The van der Waals surface area contributed by atoms with Gasteiger partial charge in [0.1, 0.15) is 0 Å². The van der Waals surface area contributed by atoms with E-state index in [9.17, 15) is 19.2 Å². The van der Waals surface area contributed by atoms with Crippen LogP contribution in [-0.4, -0.2) is 23.6 Å². The van der Waals surface area contributed by atoms with Crippen molar-refractivity contribution in [1.82, 2.24) is 10.6 Å². The van der Waals surface area contributed by atoms with Crippen molar-refractivity contribution in [2.24, 2.45) is 11.8 Å². The summed E-state index contributed by atoms with van der Waals surface area (Å²) in [7, 11) is 0. The van der Waals surface area contributed by atoms with Gasteiger partial charge in [0, 0.05) is 23.0 Å². The molecule has 2 heterocycles. The molecule has 4 amide bonds.